The van der Waals surface area contributed by atoms with Crippen molar-refractivity contribution in [1.82, 2.24) is 10.2 Å². The van der Waals surface area contributed by atoms with E-state index in [0.717, 1.165) is 24.5 Å². The van der Waals surface area contributed by atoms with Gasteiger partial charge in [0.25, 0.3) is 0 Å². The summed E-state index contributed by atoms with van der Waals surface area (Å²) in [6.45, 7) is 4.48. The zero-order valence-corrected chi connectivity index (χ0v) is 13.9. The van der Waals surface area contributed by atoms with E-state index in [2.05, 4.69) is 16.3 Å². The van der Waals surface area contributed by atoms with Crippen LogP contribution in [0, 0.1) is 0 Å². The lowest BCUT2D eigenvalue weighted by molar-refractivity contribution is -0.140. The van der Waals surface area contributed by atoms with E-state index >= 15 is 0 Å². The highest BCUT2D eigenvalue weighted by atomic mass is 35.5. The fourth-order valence-corrected chi connectivity index (χ4v) is 3.41. The van der Waals surface area contributed by atoms with Crippen LogP contribution in [-0.2, 0) is 11.3 Å². The number of hydrogen-bond donors (Lipinski definition) is 2. The van der Waals surface area contributed by atoms with Crippen molar-refractivity contribution in [2.75, 3.05) is 13.1 Å². The SMILES string of the molecule is CCNC(CC1CCCCN1Cc1cccc(Cl)c1)C(=O)O. The van der Waals surface area contributed by atoms with Crippen LogP contribution in [0.2, 0.25) is 5.02 Å². The van der Waals surface area contributed by atoms with E-state index < -0.39 is 12.0 Å². The summed E-state index contributed by atoms with van der Waals surface area (Å²) >= 11 is 6.06. The standard InChI is InChI=1S/C17H25ClN2O2/c1-2-19-16(17(21)22)11-15-8-3-4-9-20(15)12-13-6-5-7-14(18)10-13/h5-7,10,15-16,19H,2-4,8-9,11-12H2,1H3,(H,21,22). The first-order valence-electron chi connectivity index (χ1n) is 8.05. The number of likely N-dealkylation sites (tertiary alicyclic amines) is 1. The van der Waals surface area contributed by atoms with E-state index in [1.54, 1.807) is 0 Å². The molecule has 0 radical (unpaired) electrons. The zero-order chi connectivity index (χ0) is 15.9. The number of likely N-dealkylation sites (N-methyl/N-ethyl adjacent to an activating group) is 1. The Morgan fingerprint density at radius 2 is 2.32 bits per heavy atom. The highest BCUT2D eigenvalue weighted by molar-refractivity contribution is 6.30. The predicted molar refractivity (Wildman–Crippen MR) is 89.2 cm³/mol. The summed E-state index contributed by atoms with van der Waals surface area (Å²) in [6.07, 6.45) is 4.07. The van der Waals surface area contributed by atoms with Crippen LogP contribution in [0.15, 0.2) is 24.3 Å². The van der Waals surface area contributed by atoms with Gasteiger partial charge >= 0.3 is 5.97 Å². The second-order valence-corrected chi connectivity index (χ2v) is 6.37. The first-order valence-corrected chi connectivity index (χ1v) is 8.42. The number of halogens is 1. The molecule has 1 aromatic rings. The third-order valence-electron chi connectivity index (χ3n) is 4.28. The number of piperidine rings is 1. The average Bonchev–Trinajstić information content (AvgIpc) is 2.48. The molecule has 0 spiro atoms. The lowest BCUT2D eigenvalue weighted by atomic mass is 9.95. The number of aliphatic carboxylic acids is 1. The molecule has 2 unspecified atom stereocenters. The summed E-state index contributed by atoms with van der Waals surface area (Å²) in [4.78, 5) is 13.8. The summed E-state index contributed by atoms with van der Waals surface area (Å²) in [5.74, 6) is -0.755. The van der Waals surface area contributed by atoms with Gasteiger partial charge in [-0.15, -0.1) is 0 Å². The van der Waals surface area contributed by atoms with E-state index in [1.807, 2.05) is 25.1 Å². The minimum absolute atomic E-state index is 0.313. The molecule has 4 nitrogen and oxygen atoms in total. The molecule has 2 atom stereocenters. The van der Waals surface area contributed by atoms with Crippen molar-refractivity contribution in [3.8, 4) is 0 Å². The molecule has 22 heavy (non-hydrogen) atoms. The molecule has 1 aliphatic rings. The Kier molecular flexibility index (Phi) is 6.68. The molecule has 1 saturated heterocycles. The topological polar surface area (TPSA) is 52.6 Å². The number of carbonyl (C=O) groups is 1. The molecular weight excluding hydrogens is 300 g/mol. The largest absolute Gasteiger partial charge is 0.480 e. The Morgan fingerprint density at radius 3 is 3.00 bits per heavy atom. The van der Waals surface area contributed by atoms with Crippen molar-refractivity contribution < 1.29 is 9.90 Å². The first-order chi connectivity index (χ1) is 10.6. The van der Waals surface area contributed by atoms with Gasteiger partial charge in [-0.05, 0) is 50.0 Å². The maximum absolute atomic E-state index is 11.4. The number of rotatable bonds is 7. The summed E-state index contributed by atoms with van der Waals surface area (Å²) < 4.78 is 0. The second kappa shape index (κ2) is 8.51. The zero-order valence-electron chi connectivity index (χ0n) is 13.1. The summed E-state index contributed by atoms with van der Waals surface area (Å²) in [6, 6.07) is 7.77. The van der Waals surface area contributed by atoms with Crippen LogP contribution in [0.25, 0.3) is 0 Å². The van der Waals surface area contributed by atoms with Gasteiger partial charge in [0, 0.05) is 17.6 Å². The van der Waals surface area contributed by atoms with Crippen LogP contribution in [0.1, 0.15) is 38.2 Å². The minimum Gasteiger partial charge on any atom is -0.480 e. The molecule has 1 heterocycles. The molecule has 0 saturated carbocycles. The number of nitrogens with one attached hydrogen (secondary N) is 1. The number of carboxylic acids is 1. The van der Waals surface area contributed by atoms with Crippen molar-refractivity contribution >= 4 is 17.6 Å². The molecule has 122 valence electrons. The highest BCUT2D eigenvalue weighted by Crippen LogP contribution is 2.24. The van der Waals surface area contributed by atoms with Crippen LogP contribution < -0.4 is 5.32 Å². The summed E-state index contributed by atoms with van der Waals surface area (Å²) in [5.41, 5.74) is 1.19. The van der Waals surface area contributed by atoms with Crippen molar-refractivity contribution in [3.63, 3.8) is 0 Å². The molecule has 0 aromatic heterocycles. The van der Waals surface area contributed by atoms with Crippen molar-refractivity contribution in [3.05, 3.63) is 34.9 Å². The number of hydrogen-bond acceptors (Lipinski definition) is 3. The van der Waals surface area contributed by atoms with Gasteiger partial charge in [0.1, 0.15) is 6.04 Å². The monoisotopic (exact) mass is 324 g/mol. The van der Waals surface area contributed by atoms with Crippen molar-refractivity contribution in [2.24, 2.45) is 0 Å². The average molecular weight is 325 g/mol. The van der Waals surface area contributed by atoms with E-state index in [1.165, 1.54) is 18.4 Å². The lowest BCUT2D eigenvalue weighted by Crippen LogP contribution is -2.46. The molecule has 2 N–H and O–H groups in total. The quantitative estimate of drug-likeness (QED) is 0.809. The Labute approximate surface area is 137 Å². The van der Waals surface area contributed by atoms with Gasteiger partial charge in [-0.3, -0.25) is 9.69 Å². The minimum atomic E-state index is -0.755. The second-order valence-electron chi connectivity index (χ2n) is 5.93. The Balaban J connectivity index is 2.02. The van der Waals surface area contributed by atoms with E-state index in [9.17, 15) is 9.90 Å². The molecule has 1 aromatic carbocycles. The highest BCUT2D eigenvalue weighted by Gasteiger charge is 2.28. The van der Waals surface area contributed by atoms with Crippen LogP contribution in [-0.4, -0.2) is 41.1 Å². The molecule has 0 aliphatic carbocycles. The third kappa shape index (κ3) is 4.97. The Hall–Kier alpha value is -1.10. The number of benzene rings is 1. The van der Waals surface area contributed by atoms with Crippen LogP contribution in [0.5, 0.6) is 0 Å². The van der Waals surface area contributed by atoms with Crippen LogP contribution >= 0.6 is 11.6 Å². The summed E-state index contributed by atoms with van der Waals surface area (Å²) in [7, 11) is 0. The summed E-state index contributed by atoms with van der Waals surface area (Å²) in [5, 5.41) is 13.2. The maximum Gasteiger partial charge on any atom is 0.320 e. The van der Waals surface area contributed by atoms with E-state index in [-0.39, 0.29) is 0 Å². The predicted octanol–water partition coefficient (Wildman–Crippen LogP) is 3.15. The molecule has 1 aliphatic heterocycles. The fourth-order valence-electron chi connectivity index (χ4n) is 3.19. The maximum atomic E-state index is 11.4. The van der Waals surface area contributed by atoms with E-state index in [4.69, 9.17) is 11.6 Å². The normalized spacial score (nSPS) is 20.7. The van der Waals surface area contributed by atoms with Gasteiger partial charge in [0.05, 0.1) is 0 Å². The molecular formula is C17H25ClN2O2. The molecule has 1 fully saturated rings. The van der Waals surface area contributed by atoms with Gasteiger partial charge in [0.2, 0.25) is 0 Å². The van der Waals surface area contributed by atoms with Gasteiger partial charge in [-0.2, -0.15) is 0 Å². The van der Waals surface area contributed by atoms with Crippen molar-refractivity contribution in [2.45, 2.75) is 51.2 Å². The number of carboxylic acid groups (broad SMARTS) is 1. The van der Waals surface area contributed by atoms with Gasteiger partial charge < -0.3 is 10.4 Å². The Bertz CT molecular complexity index is 495. The molecule has 5 heteroatoms. The fraction of sp³-hybridized carbons (Fsp3) is 0.588. The van der Waals surface area contributed by atoms with Gasteiger partial charge in [-0.25, -0.2) is 0 Å². The third-order valence-corrected chi connectivity index (χ3v) is 4.52. The van der Waals surface area contributed by atoms with Crippen molar-refractivity contribution in [1.29, 1.82) is 0 Å². The van der Waals surface area contributed by atoms with Crippen LogP contribution in [0.3, 0.4) is 0 Å². The number of nitrogens with zero attached hydrogens (tertiary/aromatic N) is 1. The molecule has 0 bridgehead atoms. The smallest absolute Gasteiger partial charge is 0.320 e. The van der Waals surface area contributed by atoms with E-state index in [0.29, 0.717) is 19.0 Å². The van der Waals surface area contributed by atoms with Crippen LogP contribution in [0.4, 0.5) is 0 Å². The van der Waals surface area contributed by atoms with Gasteiger partial charge in [0.15, 0.2) is 0 Å². The first kappa shape index (κ1) is 17.3. The molecule has 2 rings (SSSR count). The lowest BCUT2D eigenvalue weighted by Gasteiger charge is -2.37. The Morgan fingerprint density at radius 1 is 1.50 bits per heavy atom. The molecule has 0 amide bonds. The van der Waals surface area contributed by atoms with Gasteiger partial charge in [-0.1, -0.05) is 37.1 Å².